The molecular weight excluding hydrogens is 212 g/mol. The van der Waals surface area contributed by atoms with Crippen LogP contribution in [-0.4, -0.2) is 30.9 Å². The molecule has 0 aliphatic heterocycles. The van der Waals surface area contributed by atoms with Crippen molar-refractivity contribution in [2.24, 2.45) is 0 Å². The third kappa shape index (κ3) is 4.19. The highest BCUT2D eigenvalue weighted by Gasteiger charge is 2.13. The Morgan fingerprint density at radius 3 is 2.24 bits per heavy atom. The van der Waals surface area contributed by atoms with Crippen LogP contribution in [0.4, 0.5) is 0 Å². The van der Waals surface area contributed by atoms with E-state index >= 15 is 0 Å². The van der Waals surface area contributed by atoms with Gasteiger partial charge in [0.25, 0.3) is 0 Å². The number of hydrogen-bond acceptors (Lipinski definition) is 2. The molecule has 1 atom stereocenters. The van der Waals surface area contributed by atoms with Crippen molar-refractivity contribution in [2.45, 2.75) is 32.9 Å². The van der Waals surface area contributed by atoms with Crippen molar-refractivity contribution in [3.63, 3.8) is 0 Å². The highest BCUT2D eigenvalue weighted by atomic mass is 16.2. The molecule has 3 nitrogen and oxygen atoms in total. The van der Waals surface area contributed by atoms with E-state index in [1.165, 1.54) is 11.1 Å². The molecule has 1 aromatic carbocycles. The van der Waals surface area contributed by atoms with E-state index < -0.39 is 0 Å². The van der Waals surface area contributed by atoms with Crippen molar-refractivity contribution >= 4 is 5.91 Å². The van der Waals surface area contributed by atoms with Crippen molar-refractivity contribution in [2.75, 3.05) is 14.1 Å². The summed E-state index contributed by atoms with van der Waals surface area (Å²) in [5, 5.41) is 3.23. The average molecular weight is 234 g/mol. The molecule has 0 heterocycles. The predicted molar refractivity (Wildman–Crippen MR) is 70.8 cm³/mol. The number of carbonyl (C=O) groups is 1. The van der Waals surface area contributed by atoms with Crippen LogP contribution >= 0.6 is 0 Å². The van der Waals surface area contributed by atoms with Gasteiger partial charge in [-0.25, -0.2) is 0 Å². The van der Waals surface area contributed by atoms with Gasteiger partial charge in [0.05, 0.1) is 6.04 Å². The molecule has 0 fully saturated rings. The minimum absolute atomic E-state index is 0.107. The van der Waals surface area contributed by atoms with Gasteiger partial charge in [0.15, 0.2) is 0 Å². The Balaban J connectivity index is 2.47. The van der Waals surface area contributed by atoms with E-state index in [1.54, 1.807) is 19.0 Å². The van der Waals surface area contributed by atoms with Crippen LogP contribution in [-0.2, 0) is 17.8 Å². The fraction of sp³-hybridized carbons (Fsp3) is 0.500. The summed E-state index contributed by atoms with van der Waals surface area (Å²) in [6.45, 7) is 4.76. The summed E-state index contributed by atoms with van der Waals surface area (Å²) in [6.07, 6.45) is 1.06. The normalized spacial score (nSPS) is 12.2. The SMILES string of the molecule is CCc1ccc(CNC(C)C(=O)N(C)C)cc1. The van der Waals surface area contributed by atoms with Crippen LogP contribution in [0.3, 0.4) is 0 Å². The van der Waals surface area contributed by atoms with Crippen molar-refractivity contribution in [1.82, 2.24) is 10.2 Å². The van der Waals surface area contributed by atoms with E-state index in [0.717, 1.165) is 13.0 Å². The molecule has 1 amide bonds. The van der Waals surface area contributed by atoms with Gasteiger partial charge < -0.3 is 10.2 Å². The quantitative estimate of drug-likeness (QED) is 0.843. The maximum atomic E-state index is 11.6. The summed E-state index contributed by atoms with van der Waals surface area (Å²) in [6, 6.07) is 8.35. The van der Waals surface area contributed by atoms with Gasteiger partial charge in [0, 0.05) is 20.6 Å². The van der Waals surface area contributed by atoms with E-state index in [0.29, 0.717) is 0 Å². The number of nitrogens with zero attached hydrogens (tertiary/aromatic N) is 1. The number of aryl methyl sites for hydroxylation is 1. The standard InChI is InChI=1S/C14H22N2O/c1-5-12-6-8-13(9-7-12)10-15-11(2)14(17)16(3)4/h6-9,11,15H,5,10H2,1-4H3. The molecule has 0 saturated carbocycles. The van der Waals surface area contributed by atoms with Gasteiger partial charge in [0.1, 0.15) is 0 Å². The lowest BCUT2D eigenvalue weighted by molar-refractivity contribution is -0.130. The van der Waals surface area contributed by atoms with Crippen LogP contribution < -0.4 is 5.32 Å². The van der Waals surface area contributed by atoms with Gasteiger partial charge in [0.2, 0.25) is 5.91 Å². The first-order chi connectivity index (χ1) is 8.04. The van der Waals surface area contributed by atoms with Gasteiger partial charge in [-0.1, -0.05) is 31.2 Å². The zero-order valence-corrected chi connectivity index (χ0v) is 11.2. The Morgan fingerprint density at radius 1 is 1.24 bits per heavy atom. The summed E-state index contributed by atoms with van der Waals surface area (Å²) < 4.78 is 0. The van der Waals surface area contributed by atoms with E-state index in [4.69, 9.17) is 0 Å². The third-order valence-electron chi connectivity index (χ3n) is 2.85. The van der Waals surface area contributed by atoms with Crippen molar-refractivity contribution in [3.8, 4) is 0 Å². The number of amides is 1. The Bertz CT molecular complexity index is 357. The summed E-state index contributed by atoms with van der Waals surface area (Å²) in [4.78, 5) is 13.2. The maximum absolute atomic E-state index is 11.6. The first-order valence-corrected chi connectivity index (χ1v) is 6.07. The monoisotopic (exact) mass is 234 g/mol. The summed E-state index contributed by atoms with van der Waals surface area (Å²) >= 11 is 0. The zero-order chi connectivity index (χ0) is 12.8. The number of benzene rings is 1. The van der Waals surface area contributed by atoms with Gasteiger partial charge in [-0.2, -0.15) is 0 Å². The van der Waals surface area contributed by atoms with E-state index in [-0.39, 0.29) is 11.9 Å². The maximum Gasteiger partial charge on any atom is 0.238 e. The molecule has 94 valence electrons. The molecule has 0 bridgehead atoms. The second-order valence-corrected chi connectivity index (χ2v) is 4.51. The smallest absolute Gasteiger partial charge is 0.238 e. The second-order valence-electron chi connectivity index (χ2n) is 4.51. The van der Waals surface area contributed by atoms with Crippen molar-refractivity contribution < 1.29 is 4.79 Å². The van der Waals surface area contributed by atoms with Gasteiger partial charge in [-0.3, -0.25) is 4.79 Å². The Hall–Kier alpha value is -1.35. The first kappa shape index (κ1) is 13.7. The Labute approximate surface area is 104 Å². The Morgan fingerprint density at radius 2 is 1.76 bits per heavy atom. The molecule has 1 N–H and O–H groups in total. The predicted octanol–water partition coefficient (Wildman–Crippen LogP) is 1.82. The average Bonchev–Trinajstić information content (AvgIpc) is 2.35. The zero-order valence-electron chi connectivity index (χ0n) is 11.2. The molecule has 17 heavy (non-hydrogen) atoms. The molecule has 1 aromatic rings. The molecule has 0 aliphatic carbocycles. The molecule has 0 spiro atoms. The number of nitrogens with one attached hydrogen (secondary N) is 1. The number of carbonyl (C=O) groups excluding carboxylic acids is 1. The van der Waals surface area contributed by atoms with E-state index in [9.17, 15) is 4.79 Å². The Kier molecular flexibility index (Phi) is 5.16. The van der Waals surface area contributed by atoms with Crippen LogP contribution in [0, 0.1) is 0 Å². The minimum Gasteiger partial charge on any atom is -0.347 e. The topological polar surface area (TPSA) is 32.3 Å². The molecule has 0 saturated heterocycles. The van der Waals surface area contributed by atoms with Gasteiger partial charge in [-0.05, 0) is 24.5 Å². The summed E-state index contributed by atoms with van der Waals surface area (Å²) in [5.74, 6) is 0.107. The third-order valence-corrected chi connectivity index (χ3v) is 2.85. The van der Waals surface area contributed by atoms with Crippen LogP contribution in [0.15, 0.2) is 24.3 Å². The number of rotatable bonds is 5. The lowest BCUT2D eigenvalue weighted by atomic mass is 10.1. The number of likely N-dealkylation sites (N-methyl/N-ethyl adjacent to an activating group) is 1. The molecule has 1 unspecified atom stereocenters. The van der Waals surface area contributed by atoms with Crippen LogP contribution in [0.1, 0.15) is 25.0 Å². The van der Waals surface area contributed by atoms with Gasteiger partial charge in [-0.15, -0.1) is 0 Å². The fourth-order valence-corrected chi connectivity index (χ4v) is 1.64. The van der Waals surface area contributed by atoms with Crippen LogP contribution in [0.5, 0.6) is 0 Å². The first-order valence-electron chi connectivity index (χ1n) is 6.07. The number of hydrogen-bond donors (Lipinski definition) is 1. The molecule has 0 aliphatic rings. The molecule has 0 radical (unpaired) electrons. The largest absolute Gasteiger partial charge is 0.347 e. The summed E-state index contributed by atoms with van der Waals surface area (Å²) in [7, 11) is 3.55. The van der Waals surface area contributed by atoms with Crippen molar-refractivity contribution in [1.29, 1.82) is 0 Å². The lowest BCUT2D eigenvalue weighted by Crippen LogP contribution is -2.41. The van der Waals surface area contributed by atoms with E-state index in [1.807, 2.05) is 6.92 Å². The van der Waals surface area contributed by atoms with Gasteiger partial charge >= 0.3 is 0 Å². The lowest BCUT2D eigenvalue weighted by Gasteiger charge is -2.18. The van der Waals surface area contributed by atoms with E-state index in [2.05, 4.69) is 36.5 Å². The minimum atomic E-state index is -0.143. The summed E-state index contributed by atoms with van der Waals surface area (Å²) in [5.41, 5.74) is 2.55. The second kappa shape index (κ2) is 6.40. The van der Waals surface area contributed by atoms with Crippen LogP contribution in [0.2, 0.25) is 0 Å². The van der Waals surface area contributed by atoms with Crippen molar-refractivity contribution in [3.05, 3.63) is 35.4 Å². The molecule has 0 aromatic heterocycles. The van der Waals surface area contributed by atoms with Crippen LogP contribution in [0.25, 0.3) is 0 Å². The highest BCUT2D eigenvalue weighted by Crippen LogP contribution is 2.05. The molecule has 1 rings (SSSR count). The fourth-order valence-electron chi connectivity index (χ4n) is 1.64. The highest BCUT2D eigenvalue weighted by molar-refractivity contribution is 5.80. The molecular formula is C14H22N2O. The molecule has 3 heteroatoms.